The van der Waals surface area contributed by atoms with Crippen LogP contribution < -0.4 is 11.1 Å². The maximum absolute atomic E-state index is 11.8. The van der Waals surface area contributed by atoms with Gasteiger partial charge in [-0.1, -0.05) is 25.4 Å². The normalized spacial score (nSPS) is 12.5. The SMILES string of the molecule is CC(C)SC(C)C(=O)Nc1ccc(Cl)c(N)c1. The van der Waals surface area contributed by atoms with Gasteiger partial charge in [0, 0.05) is 5.69 Å². The standard InChI is InChI=1S/C12H17ClN2OS/c1-7(2)17-8(3)12(16)15-9-4-5-10(13)11(14)6-9/h4-8H,14H2,1-3H3,(H,15,16). The second kappa shape index (κ2) is 6.17. The van der Waals surface area contributed by atoms with Gasteiger partial charge in [0.2, 0.25) is 5.91 Å². The summed E-state index contributed by atoms with van der Waals surface area (Å²) in [6.07, 6.45) is 0. The lowest BCUT2D eigenvalue weighted by Gasteiger charge is -2.14. The van der Waals surface area contributed by atoms with Crippen LogP contribution in [-0.2, 0) is 4.79 Å². The molecule has 0 aliphatic rings. The van der Waals surface area contributed by atoms with Crippen LogP contribution in [0, 0.1) is 0 Å². The minimum atomic E-state index is -0.0908. The number of carbonyl (C=O) groups is 1. The average molecular weight is 273 g/mol. The van der Waals surface area contributed by atoms with Crippen molar-refractivity contribution in [2.24, 2.45) is 0 Å². The molecular weight excluding hydrogens is 256 g/mol. The number of amides is 1. The molecule has 5 heteroatoms. The molecule has 94 valence electrons. The number of rotatable bonds is 4. The fourth-order valence-electron chi connectivity index (χ4n) is 1.34. The minimum absolute atomic E-state index is 0.0228. The Hall–Kier alpha value is -0.870. The van der Waals surface area contributed by atoms with Gasteiger partial charge in [-0.25, -0.2) is 0 Å². The molecule has 1 rings (SSSR count). The van der Waals surface area contributed by atoms with Crippen LogP contribution in [0.2, 0.25) is 5.02 Å². The first-order valence-corrected chi connectivity index (χ1v) is 6.73. The molecule has 0 aliphatic carbocycles. The summed E-state index contributed by atoms with van der Waals surface area (Å²) in [5.41, 5.74) is 6.81. The number of benzene rings is 1. The lowest BCUT2D eigenvalue weighted by Crippen LogP contribution is -2.23. The van der Waals surface area contributed by atoms with Crippen LogP contribution in [0.3, 0.4) is 0 Å². The van der Waals surface area contributed by atoms with Crippen molar-refractivity contribution in [3.63, 3.8) is 0 Å². The van der Waals surface area contributed by atoms with Crippen molar-refractivity contribution in [3.05, 3.63) is 23.2 Å². The molecule has 1 unspecified atom stereocenters. The van der Waals surface area contributed by atoms with E-state index in [0.29, 0.717) is 21.6 Å². The first-order chi connectivity index (χ1) is 7.90. The third kappa shape index (κ3) is 4.48. The smallest absolute Gasteiger partial charge is 0.237 e. The zero-order valence-electron chi connectivity index (χ0n) is 10.2. The van der Waals surface area contributed by atoms with Crippen molar-refractivity contribution >= 4 is 40.6 Å². The molecule has 0 radical (unpaired) electrons. The molecule has 0 saturated carbocycles. The molecule has 0 spiro atoms. The second-order valence-electron chi connectivity index (χ2n) is 4.05. The summed E-state index contributed by atoms with van der Waals surface area (Å²) in [5.74, 6) is -0.0228. The first-order valence-electron chi connectivity index (χ1n) is 5.41. The highest BCUT2D eigenvalue weighted by atomic mass is 35.5. The van der Waals surface area contributed by atoms with Crippen molar-refractivity contribution in [3.8, 4) is 0 Å². The van der Waals surface area contributed by atoms with E-state index in [1.54, 1.807) is 30.0 Å². The highest BCUT2D eigenvalue weighted by Gasteiger charge is 2.15. The minimum Gasteiger partial charge on any atom is -0.397 e. The number of nitrogens with one attached hydrogen (secondary N) is 1. The fraction of sp³-hybridized carbons (Fsp3) is 0.417. The number of halogens is 1. The van der Waals surface area contributed by atoms with E-state index in [9.17, 15) is 4.79 Å². The molecule has 17 heavy (non-hydrogen) atoms. The van der Waals surface area contributed by atoms with Crippen LogP contribution in [0.25, 0.3) is 0 Å². The van der Waals surface area contributed by atoms with E-state index in [2.05, 4.69) is 19.2 Å². The Bertz CT molecular complexity index is 409. The zero-order chi connectivity index (χ0) is 13.0. The second-order valence-corrected chi connectivity index (χ2v) is 6.38. The van der Waals surface area contributed by atoms with Gasteiger partial charge in [0.05, 0.1) is 16.0 Å². The predicted octanol–water partition coefficient (Wildman–Crippen LogP) is 3.39. The third-order valence-corrected chi connectivity index (χ3v) is 3.62. The summed E-state index contributed by atoms with van der Waals surface area (Å²) in [6, 6.07) is 5.07. The van der Waals surface area contributed by atoms with Gasteiger partial charge in [0.15, 0.2) is 0 Å². The molecule has 0 saturated heterocycles. The van der Waals surface area contributed by atoms with Gasteiger partial charge in [-0.2, -0.15) is 0 Å². The first kappa shape index (κ1) is 14.2. The van der Waals surface area contributed by atoms with E-state index in [4.69, 9.17) is 17.3 Å². The van der Waals surface area contributed by atoms with E-state index >= 15 is 0 Å². The number of hydrogen-bond donors (Lipinski definition) is 2. The zero-order valence-corrected chi connectivity index (χ0v) is 11.7. The number of nitrogens with two attached hydrogens (primary N) is 1. The molecule has 1 amide bonds. The van der Waals surface area contributed by atoms with Crippen LogP contribution in [-0.4, -0.2) is 16.4 Å². The Morgan fingerprint density at radius 1 is 1.41 bits per heavy atom. The van der Waals surface area contributed by atoms with E-state index in [0.717, 1.165) is 0 Å². The van der Waals surface area contributed by atoms with Gasteiger partial charge >= 0.3 is 0 Å². The van der Waals surface area contributed by atoms with Crippen LogP contribution in [0.15, 0.2) is 18.2 Å². The summed E-state index contributed by atoms with van der Waals surface area (Å²) < 4.78 is 0. The van der Waals surface area contributed by atoms with Crippen LogP contribution in [0.1, 0.15) is 20.8 Å². The highest BCUT2D eigenvalue weighted by molar-refractivity contribution is 8.01. The molecular formula is C12H17ClN2OS. The summed E-state index contributed by atoms with van der Waals surface area (Å²) in [4.78, 5) is 11.8. The van der Waals surface area contributed by atoms with Gasteiger partial charge in [0.25, 0.3) is 0 Å². The highest BCUT2D eigenvalue weighted by Crippen LogP contribution is 2.23. The summed E-state index contributed by atoms with van der Waals surface area (Å²) in [6.45, 7) is 6.02. The van der Waals surface area contributed by atoms with Crippen LogP contribution in [0.5, 0.6) is 0 Å². The van der Waals surface area contributed by atoms with Gasteiger partial charge in [0.1, 0.15) is 0 Å². The van der Waals surface area contributed by atoms with Gasteiger partial charge < -0.3 is 11.1 Å². The summed E-state index contributed by atoms with van der Waals surface area (Å²) in [7, 11) is 0. The van der Waals surface area contributed by atoms with Crippen LogP contribution >= 0.6 is 23.4 Å². The molecule has 1 atom stereocenters. The maximum atomic E-state index is 11.8. The summed E-state index contributed by atoms with van der Waals surface area (Å²) in [5, 5.41) is 3.64. The van der Waals surface area contributed by atoms with E-state index in [1.165, 1.54) is 0 Å². The fourth-order valence-corrected chi connectivity index (χ4v) is 2.45. The Morgan fingerprint density at radius 2 is 2.06 bits per heavy atom. The van der Waals surface area contributed by atoms with Gasteiger partial charge in [-0.3, -0.25) is 4.79 Å². The monoisotopic (exact) mass is 272 g/mol. The van der Waals surface area contributed by atoms with Crippen molar-refractivity contribution in [2.75, 3.05) is 11.1 Å². The lowest BCUT2D eigenvalue weighted by molar-refractivity contribution is -0.115. The van der Waals surface area contributed by atoms with E-state index in [-0.39, 0.29) is 11.2 Å². The largest absolute Gasteiger partial charge is 0.397 e. The summed E-state index contributed by atoms with van der Waals surface area (Å²) >= 11 is 7.43. The van der Waals surface area contributed by atoms with Crippen molar-refractivity contribution in [1.29, 1.82) is 0 Å². The van der Waals surface area contributed by atoms with E-state index in [1.807, 2.05) is 6.92 Å². The number of anilines is 2. The topological polar surface area (TPSA) is 55.1 Å². The van der Waals surface area contributed by atoms with Crippen LogP contribution in [0.4, 0.5) is 11.4 Å². The maximum Gasteiger partial charge on any atom is 0.237 e. The number of thioether (sulfide) groups is 1. The number of nitrogen functional groups attached to an aromatic ring is 1. The average Bonchev–Trinajstić information content (AvgIpc) is 2.22. The Kier molecular flexibility index (Phi) is 5.15. The molecule has 0 aromatic heterocycles. The number of hydrogen-bond acceptors (Lipinski definition) is 3. The molecule has 1 aromatic rings. The molecule has 1 aromatic carbocycles. The van der Waals surface area contributed by atoms with E-state index < -0.39 is 0 Å². The third-order valence-electron chi connectivity index (χ3n) is 2.11. The number of carbonyl (C=O) groups excluding carboxylic acids is 1. The molecule has 0 aliphatic heterocycles. The van der Waals surface area contributed by atoms with Gasteiger partial charge in [-0.15, -0.1) is 11.8 Å². The Balaban J connectivity index is 2.64. The molecule has 0 heterocycles. The van der Waals surface area contributed by atoms with Crippen molar-refractivity contribution in [2.45, 2.75) is 31.3 Å². The Labute approximate surface area is 111 Å². The molecule has 3 nitrogen and oxygen atoms in total. The molecule has 0 fully saturated rings. The molecule has 0 bridgehead atoms. The molecule has 3 N–H and O–H groups in total. The van der Waals surface area contributed by atoms with Crippen molar-refractivity contribution in [1.82, 2.24) is 0 Å². The van der Waals surface area contributed by atoms with Crippen molar-refractivity contribution < 1.29 is 4.79 Å². The lowest BCUT2D eigenvalue weighted by atomic mass is 10.2. The predicted molar refractivity (Wildman–Crippen MR) is 76.7 cm³/mol. The Morgan fingerprint density at radius 3 is 2.59 bits per heavy atom. The quantitative estimate of drug-likeness (QED) is 0.826. The van der Waals surface area contributed by atoms with Gasteiger partial charge in [-0.05, 0) is 30.4 Å².